The van der Waals surface area contributed by atoms with E-state index >= 15 is 0 Å². The molecule has 0 saturated heterocycles. The second-order valence-corrected chi connectivity index (χ2v) is 19.9. The minimum Gasteiger partial charge on any atom is -0.309 e. The van der Waals surface area contributed by atoms with Gasteiger partial charge in [-0.1, -0.05) is 273 Å². The van der Waals surface area contributed by atoms with E-state index in [4.69, 9.17) is 0 Å². The van der Waals surface area contributed by atoms with Crippen LogP contribution in [0.2, 0.25) is 0 Å². The predicted octanol–water partition coefficient (Wildman–Crippen LogP) is 20.2. The van der Waals surface area contributed by atoms with Crippen molar-refractivity contribution < 1.29 is 0 Å². The maximum Gasteiger partial charge on any atom is 0.0714 e. The fourth-order valence-corrected chi connectivity index (χ4v) is 12.4. The summed E-state index contributed by atoms with van der Waals surface area (Å²) in [6.07, 6.45) is 0. The summed E-state index contributed by atoms with van der Waals surface area (Å²) in [6.45, 7) is 0. The van der Waals surface area contributed by atoms with Gasteiger partial charge in [-0.15, -0.1) is 0 Å². The molecule has 0 amide bonds. The Morgan fingerprint density at radius 2 is 0.671 bits per heavy atom. The van der Waals surface area contributed by atoms with E-state index in [1.807, 2.05) is 0 Å². The fourth-order valence-electron chi connectivity index (χ4n) is 12.4. The molecule has 76 heavy (non-hydrogen) atoms. The van der Waals surface area contributed by atoms with Gasteiger partial charge in [0.25, 0.3) is 0 Å². The molecule has 0 fully saturated rings. The van der Waals surface area contributed by atoms with Crippen molar-refractivity contribution in [1.29, 1.82) is 0 Å². The third kappa shape index (κ3) is 7.47. The average molecular weight is 966 g/mol. The minimum atomic E-state index is -0.587. The maximum absolute atomic E-state index is 2.55. The molecule has 13 aromatic carbocycles. The van der Waals surface area contributed by atoms with Gasteiger partial charge in [0.2, 0.25) is 0 Å². The fraction of sp³-hybridized carbons (Fsp3) is 0.0133. The molecular weight excluding hydrogens is 915 g/mol. The molecule has 0 unspecified atom stereocenters. The van der Waals surface area contributed by atoms with E-state index in [-0.39, 0.29) is 0 Å². The van der Waals surface area contributed by atoms with Crippen molar-refractivity contribution in [2.75, 3.05) is 4.90 Å². The second-order valence-electron chi connectivity index (χ2n) is 19.9. The van der Waals surface area contributed by atoms with Gasteiger partial charge in [0.15, 0.2) is 0 Å². The van der Waals surface area contributed by atoms with Gasteiger partial charge >= 0.3 is 0 Å². The topological polar surface area (TPSA) is 3.24 Å². The van der Waals surface area contributed by atoms with Crippen LogP contribution in [0.5, 0.6) is 0 Å². The van der Waals surface area contributed by atoms with Crippen LogP contribution in [0, 0.1) is 0 Å². The Balaban J connectivity index is 1.05. The SMILES string of the molecule is c1ccc(-c2cccc(-c3c(N(c4ccc(-c5cc(-c6ccccc6)ccc5-c5ccccc5)cc4)c4cccc(C5(c6ccccc6)c6ccccc6-c6ccccc65)c4)c4ccccc4c4ccccc34)c2)cc1. The molecule has 13 aromatic rings. The van der Waals surface area contributed by atoms with Gasteiger partial charge in [-0.2, -0.15) is 0 Å². The van der Waals surface area contributed by atoms with Crippen molar-refractivity contribution in [3.8, 4) is 66.8 Å². The average Bonchev–Trinajstić information content (AvgIpc) is 4.03. The normalized spacial score (nSPS) is 12.3. The van der Waals surface area contributed by atoms with E-state index < -0.39 is 5.41 Å². The van der Waals surface area contributed by atoms with Gasteiger partial charge in [-0.25, -0.2) is 0 Å². The van der Waals surface area contributed by atoms with Crippen LogP contribution in [0.4, 0.5) is 17.1 Å². The van der Waals surface area contributed by atoms with Gasteiger partial charge in [-0.3, -0.25) is 0 Å². The van der Waals surface area contributed by atoms with Crippen LogP contribution in [-0.2, 0) is 5.41 Å². The zero-order valence-corrected chi connectivity index (χ0v) is 41.9. The largest absolute Gasteiger partial charge is 0.309 e. The summed E-state index contributed by atoms with van der Waals surface area (Å²) >= 11 is 0. The van der Waals surface area contributed by atoms with Crippen molar-refractivity contribution >= 4 is 38.6 Å². The monoisotopic (exact) mass is 965 g/mol. The van der Waals surface area contributed by atoms with Gasteiger partial charge in [0, 0.05) is 22.3 Å². The summed E-state index contributed by atoms with van der Waals surface area (Å²) in [5.74, 6) is 0. The molecule has 0 spiro atoms. The van der Waals surface area contributed by atoms with Crippen LogP contribution < -0.4 is 4.90 Å². The van der Waals surface area contributed by atoms with Crippen LogP contribution in [-0.4, -0.2) is 0 Å². The van der Waals surface area contributed by atoms with Gasteiger partial charge in [-0.05, 0) is 136 Å². The van der Waals surface area contributed by atoms with Crippen LogP contribution in [0.15, 0.2) is 309 Å². The molecule has 0 aromatic heterocycles. The summed E-state index contributed by atoms with van der Waals surface area (Å²) in [5, 5.41) is 4.80. The van der Waals surface area contributed by atoms with Crippen LogP contribution in [0.3, 0.4) is 0 Å². The van der Waals surface area contributed by atoms with E-state index in [0.29, 0.717) is 0 Å². The molecule has 0 aliphatic heterocycles. The van der Waals surface area contributed by atoms with Crippen molar-refractivity contribution in [2.45, 2.75) is 5.41 Å². The molecule has 1 nitrogen and oxygen atoms in total. The van der Waals surface area contributed by atoms with Crippen LogP contribution >= 0.6 is 0 Å². The summed E-state index contributed by atoms with van der Waals surface area (Å²) in [6, 6.07) is 114. The van der Waals surface area contributed by atoms with E-state index in [9.17, 15) is 0 Å². The predicted molar refractivity (Wildman–Crippen MR) is 321 cm³/mol. The van der Waals surface area contributed by atoms with Crippen molar-refractivity contribution in [3.05, 3.63) is 332 Å². The number of hydrogen-bond acceptors (Lipinski definition) is 1. The van der Waals surface area contributed by atoms with Crippen LogP contribution in [0.25, 0.3) is 88.3 Å². The molecule has 1 aliphatic carbocycles. The lowest BCUT2D eigenvalue weighted by atomic mass is 9.67. The second kappa shape index (κ2) is 18.9. The van der Waals surface area contributed by atoms with Gasteiger partial charge in [0.05, 0.1) is 11.1 Å². The Labute approximate surface area is 444 Å². The Morgan fingerprint density at radius 1 is 0.224 bits per heavy atom. The molecule has 1 heteroatoms. The summed E-state index contributed by atoms with van der Waals surface area (Å²) < 4.78 is 0. The Hall–Kier alpha value is -9.82. The van der Waals surface area contributed by atoms with E-state index in [1.165, 1.54) is 99.4 Å². The molecule has 0 saturated carbocycles. The first kappa shape index (κ1) is 44.8. The van der Waals surface area contributed by atoms with Gasteiger partial charge in [0.1, 0.15) is 0 Å². The first-order valence-corrected chi connectivity index (χ1v) is 26.3. The molecule has 0 N–H and O–H groups in total. The van der Waals surface area contributed by atoms with E-state index in [1.54, 1.807) is 0 Å². The highest BCUT2D eigenvalue weighted by atomic mass is 15.1. The molecule has 0 heterocycles. The highest BCUT2D eigenvalue weighted by Gasteiger charge is 2.46. The molecule has 14 rings (SSSR count). The number of anilines is 3. The van der Waals surface area contributed by atoms with Gasteiger partial charge < -0.3 is 4.90 Å². The maximum atomic E-state index is 2.55. The zero-order valence-electron chi connectivity index (χ0n) is 41.9. The Morgan fingerprint density at radius 3 is 1.32 bits per heavy atom. The number of benzene rings is 13. The summed E-state index contributed by atoms with van der Waals surface area (Å²) in [7, 11) is 0. The lowest BCUT2D eigenvalue weighted by Crippen LogP contribution is -2.28. The van der Waals surface area contributed by atoms with Crippen molar-refractivity contribution in [3.63, 3.8) is 0 Å². The number of fused-ring (bicyclic) bond motifs is 6. The highest BCUT2D eigenvalue weighted by molar-refractivity contribution is 6.22. The minimum absolute atomic E-state index is 0.587. The highest BCUT2D eigenvalue weighted by Crippen LogP contribution is 2.57. The Kier molecular flexibility index (Phi) is 11.2. The van der Waals surface area contributed by atoms with E-state index in [0.717, 1.165) is 28.2 Å². The number of nitrogens with zero attached hydrogens (tertiary/aromatic N) is 1. The Bertz CT molecular complexity index is 4210. The molecule has 0 bridgehead atoms. The van der Waals surface area contributed by atoms with Crippen LogP contribution in [0.1, 0.15) is 22.3 Å². The molecular formula is C75H51N. The number of rotatable bonds is 10. The van der Waals surface area contributed by atoms with Crippen molar-refractivity contribution in [2.24, 2.45) is 0 Å². The summed E-state index contributed by atoms with van der Waals surface area (Å²) in [4.78, 5) is 2.55. The first-order valence-electron chi connectivity index (χ1n) is 26.3. The lowest BCUT2D eigenvalue weighted by Gasteiger charge is -2.36. The molecule has 0 atom stereocenters. The first-order chi connectivity index (χ1) is 37.7. The number of hydrogen-bond donors (Lipinski definition) is 0. The zero-order chi connectivity index (χ0) is 50.4. The third-order valence-corrected chi connectivity index (χ3v) is 15.7. The quantitative estimate of drug-likeness (QED) is 0.123. The van der Waals surface area contributed by atoms with E-state index in [2.05, 4.69) is 314 Å². The summed E-state index contributed by atoms with van der Waals surface area (Å²) in [5.41, 5.74) is 22.0. The smallest absolute Gasteiger partial charge is 0.0714 e. The third-order valence-electron chi connectivity index (χ3n) is 15.7. The molecule has 1 aliphatic rings. The van der Waals surface area contributed by atoms with Crippen molar-refractivity contribution in [1.82, 2.24) is 0 Å². The lowest BCUT2D eigenvalue weighted by molar-refractivity contribution is 0.768. The standard InChI is InChI=1S/C75H51N/c1-5-23-52(24-6-1)56-29-21-30-58(49-56)73-68-39-15-13-35-64(68)65-36-14-16-40-69(65)74(73)76(61-46-43-55(44-47-61)70-50-57(53-25-7-2-8-26-53)45-48-63(70)54-27-9-3-10-28-54)62-34-22-33-60(51-62)75(59-31-11-4-12-32-59)71-41-19-17-37-66(71)67-38-18-20-42-72(67)75/h1-51H. The molecule has 356 valence electrons. The molecule has 0 radical (unpaired) electrons.